The molecular formula is C24H33FN2O9. The number of carbonyl (C=O) groups excluding carboxylic acids is 1. The maximum absolute atomic E-state index is 14.3. The Labute approximate surface area is 208 Å². The Bertz CT molecular complexity index is 1040. The van der Waals surface area contributed by atoms with Crippen LogP contribution in [0.15, 0.2) is 18.2 Å². The van der Waals surface area contributed by atoms with E-state index in [0.717, 1.165) is 5.69 Å². The Morgan fingerprint density at radius 1 is 1.19 bits per heavy atom. The van der Waals surface area contributed by atoms with Crippen molar-refractivity contribution < 1.29 is 48.2 Å². The van der Waals surface area contributed by atoms with Gasteiger partial charge in [0.25, 0.3) is 0 Å². The van der Waals surface area contributed by atoms with Gasteiger partial charge in [0.2, 0.25) is 12.2 Å². The third-order valence-corrected chi connectivity index (χ3v) is 5.85. The Kier molecular flexibility index (Phi) is 9.12. The van der Waals surface area contributed by atoms with Gasteiger partial charge in [0.15, 0.2) is 11.6 Å². The highest BCUT2D eigenvalue weighted by Crippen LogP contribution is 2.31. The van der Waals surface area contributed by atoms with Crippen LogP contribution in [0, 0.1) is 12.7 Å². The van der Waals surface area contributed by atoms with Crippen molar-refractivity contribution in [3.8, 4) is 11.6 Å². The van der Waals surface area contributed by atoms with Gasteiger partial charge in [-0.05, 0) is 45.4 Å². The smallest absolute Gasteiger partial charge is 0.494 e. The van der Waals surface area contributed by atoms with E-state index in [1.165, 1.54) is 19.2 Å². The summed E-state index contributed by atoms with van der Waals surface area (Å²) in [6.45, 7) is 6.94. The highest BCUT2D eigenvalue weighted by Gasteiger charge is 2.46. The van der Waals surface area contributed by atoms with Gasteiger partial charge in [-0.2, -0.15) is 0 Å². The molecule has 1 saturated heterocycles. The molecule has 36 heavy (non-hydrogen) atoms. The Balaban J connectivity index is 1.86. The molecular weight excluding hydrogens is 479 g/mol. The van der Waals surface area contributed by atoms with E-state index < -0.39 is 49.3 Å². The fourth-order valence-electron chi connectivity index (χ4n) is 3.92. The molecule has 0 amide bonds. The summed E-state index contributed by atoms with van der Waals surface area (Å²) in [5, 5.41) is 35.7. The Morgan fingerprint density at radius 3 is 2.53 bits per heavy atom. The minimum atomic E-state index is -1.65. The van der Waals surface area contributed by atoms with Gasteiger partial charge in [0, 0.05) is 23.7 Å². The van der Waals surface area contributed by atoms with Gasteiger partial charge in [0.1, 0.15) is 31.0 Å². The molecule has 0 unspecified atom stereocenters. The number of hydrogen-bond donors (Lipinski definition) is 3. The highest BCUT2D eigenvalue weighted by molar-refractivity contribution is 5.59. The van der Waals surface area contributed by atoms with Crippen LogP contribution in [0.1, 0.15) is 43.6 Å². The van der Waals surface area contributed by atoms with Crippen LogP contribution in [0.2, 0.25) is 0 Å². The van der Waals surface area contributed by atoms with Gasteiger partial charge in [-0.25, -0.2) is 9.18 Å². The van der Waals surface area contributed by atoms with Crippen molar-refractivity contribution in [3.05, 3.63) is 40.8 Å². The van der Waals surface area contributed by atoms with Gasteiger partial charge >= 0.3 is 6.16 Å². The van der Waals surface area contributed by atoms with Gasteiger partial charge in [0.05, 0.1) is 13.7 Å². The number of methoxy groups -OCH3 is 1. The molecule has 5 atom stereocenters. The fourth-order valence-corrected chi connectivity index (χ4v) is 3.92. The number of ether oxygens (including phenoxy) is 5. The summed E-state index contributed by atoms with van der Waals surface area (Å²) in [6, 6.07) is 4.55. The molecule has 1 aromatic carbocycles. The number of carbonyl (C=O) groups is 1. The van der Waals surface area contributed by atoms with Gasteiger partial charge in [-0.1, -0.05) is 6.07 Å². The first-order valence-electron chi connectivity index (χ1n) is 11.6. The van der Waals surface area contributed by atoms with Crippen LogP contribution in [-0.4, -0.2) is 82.3 Å². The lowest BCUT2D eigenvalue weighted by molar-refractivity contribution is -0.278. The number of aromatic nitrogens is 2. The van der Waals surface area contributed by atoms with Gasteiger partial charge in [-0.15, -0.1) is 5.10 Å². The second-order valence-corrected chi connectivity index (χ2v) is 8.68. The third-order valence-electron chi connectivity index (χ3n) is 5.85. The number of rotatable bonds is 9. The zero-order valence-electron chi connectivity index (χ0n) is 20.9. The summed E-state index contributed by atoms with van der Waals surface area (Å²) in [7, 11) is 1.38. The minimum Gasteiger partial charge on any atom is -0.494 e. The molecule has 200 valence electrons. The molecule has 1 aliphatic rings. The van der Waals surface area contributed by atoms with Gasteiger partial charge < -0.3 is 39.0 Å². The Hall–Kier alpha value is -2.93. The van der Waals surface area contributed by atoms with E-state index in [2.05, 4.69) is 9.84 Å². The minimum absolute atomic E-state index is 0.0379. The molecule has 1 aromatic heterocycles. The first-order valence-corrected chi connectivity index (χ1v) is 11.6. The zero-order valence-corrected chi connectivity index (χ0v) is 20.9. The zero-order chi connectivity index (χ0) is 26.6. The predicted molar refractivity (Wildman–Crippen MR) is 123 cm³/mol. The standard InChI is InChI=1S/C24H33FN2O9/c1-6-33-24(31)34-11-18-19(28)20(29)21(30)23(35-18)36-22-15(13(4)27(26-22)12(2)3)9-14-7-8-17(32-5)16(25)10-14/h7-8,10,12,18-21,23,28-30H,6,9,11H2,1-5H3/t18-,19-,20+,21-,23+/m1/s1. The first-order chi connectivity index (χ1) is 17.1. The summed E-state index contributed by atoms with van der Waals surface area (Å²) >= 11 is 0. The lowest BCUT2D eigenvalue weighted by Crippen LogP contribution is -2.60. The third kappa shape index (κ3) is 6.06. The molecule has 0 saturated carbocycles. The number of halogens is 1. The van der Waals surface area contributed by atoms with Crippen LogP contribution < -0.4 is 9.47 Å². The molecule has 3 rings (SSSR count). The molecule has 0 spiro atoms. The SMILES string of the molecule is CCOC(=O)OC[C@H]1O[C@@H](Oc2nn(C(C)C)c(C)c2Cc2ccc(OC)c(F)c2)[C@H](O)[C@@H](O)[C@@H]1O. The van der Waals surface area contributed by atoms with E-state index in [9.17, 15) is 24.5 Å². The molecule has 2 aromatic rings. The highest BCUT2D eigenvalue weighted by atomic mass is 19.1. The molecule has 3 N–H and O–H groups in total. The van der Waals surface area contributed by atoms with Gasteiger partial charge in [-0.3, -0.25) is 4.68 Å². The lowest BCUT2D eigenvalue weighted by atomic mass is 9.99. The second kappa shape index (κ2) is 11.9. The Morgan fingerprint density at radius 2 is 1.92 bits per heavy atom. The predicted octanol–water partition coefficient (Wildman–Crippen LogP) is 1.87. The van der Waals surface area contributed by atoms with Crippen LogP contribution in [-0.2, 0) is 20.6 Å². The summed E-state index contributed by atoms with van der Waals surface area (Å²) in [4.78, 5) is 11.5. The molecule has 1 fully saturated rings. The van der Waals surface area contributed by atoms with Crippen LogP contribution >= 0.6 is 0 Å². The molecule has 11 nitrogen and oxygen atoms in total. The van der Waals surface area contributed by atoms with Crippen molar-refractivity contribution in [1.82, 2.24) is 9.78 Å². The van der Waals surface area contributed by atoms with E-state index >= 15 is 0 Å². The normalized spacial score (nSPS) is 24.0. The number of aliphatic hydroxyl groups is 3. The molecule has 12 heteroatoms. The first kappa shape index (κ1) is 27.7. The number of benzene rings is 1. The molecule has 0 aliphatic carbocycles. The maximum Gasteiger partial charge on any atom is 0.508 e. The van der Waals surface area contributed by atoms with Crippen molar-refractivity contribution in [2.45, 2.75) is 70.9 Å². The molecule has 0 radical (unpaired) electrons. The lowest BCUT2D eigenvalue weighted by Gasteiger charge is -2.39. The maximum atomic E-state index is 14.3. The van der Waals surface area contributed by atoms with Crippen molar-refractivity contribution in [1.29, 1.82) is 0 Å². The number of aliphatic hydroxyl groups excluding tert-OH is 3. The van der Waals surface area contributed by atoms with Crippen LogP contribution in [0.5, 0.6) is 11.6 Å². The largest absolute Gasteiger partial charge is 0.508 e. The second-order valence-electron chi connectivity index (χ2n) is 8.68. The number of hydrogen-bond acceptors (Lipinski definition) is 10. The van der Waals surface area contributed by atoms with Crippen LogP contribution in [0.25, 0.3) is 0 Å². The molecule has 1 aliphatic heterocycles. The summed E-state index contributed by atoms with van der Waals surface area (Å²) < 4.78 is 42.1. The van der Waals surface area contributed by atoms with E-state index in [1.807, 2.05) is 20.8 Å². The summed E-state index contributed by atoms with van der Waals surface area (Å²) in [5.41, 5.74) is 2.00. The van der Waals surface area contributed by atoms with Crippen molar-refractivity contribution in [3.63, 3.8) is 0 Å². The van der Waals surface area contributed by atoms with E-state index in [1.54, 1.807) is 17.7 Å². The molecule has 0 bridgehead atoms. The van der Waals surface area contributed by atoms with Crippen molar-refractivity contribution in [2.75, 3.05) is 20.3 Å². The topological polar surface area (TPSA) is 142 Å². The quantitative estimate of drug-likeness (QED) is 0.426. The monoisotopic (exact) mass is 512 g/mol. The number of nitrogens with zero attached hydrogens (tertiary/aromatic N) is 2. The summed E-state index contributed by atoms with van der Waals surface area (Å²) in [6.07, 6.45) is -8.19. The summed E-state index contributed by atoms with van der Waals surface area (Å²) in [5.74, 6) is -0.290. The molecule has 2 heterocycles. The average molecular weight is 513 g/mol. The van der Waals surface area contributed by atoms with E-state index in [4.69, 9.17) is 18.9 Å². The van der Waals surface area contributed by atoms with Crippen LogP contribution in [0.3, 0.4) is 0 Å². The fraction of sp³-hybridized carbons (Fsp3) is 0.583. The van der Waals surface area contributed by atoms with Crippen molar-refractivity contribution >= 4 is 6.16 Å². The van der Waals surface area contributed by atoms with E-state index in [0.29, 0.717) is 11.1 Å². The van der Waals surface area contributed by atoms with Crippen molar-refractivity contribution in [2.24, 2.45) is 0 Å². The average Bonchev–Trinajstić information content (AvgIpc) is 3.14. The van der Waals surface area contributed by atoms with E-state index in [-0.39, 0.29) is 30.7 Å². The van der Waals surface area contributed by atoms with Crippen LogP contribution in [0.4, 0.5) is 9.18 Å².